The van der Waals surface area contributed by atoms with Crippen molar-refractivity contribution in [2.24, 2.45) is 0 Å². The first-order chi connectivity index (χ1) is 6.76. The van der Waals surface area contributed by atoms with E-state index in [2.05, 4.69) is 15.9 Å². The van der Waals surface area contributed by atoms with Crippen LogP contribution in [-0.4, -0.2) is 13.4 Å². The summed E-state index contributed by atoms with van der Waals surface area (Å²) in [6, 6.07) is 5.31. The highest BCUT2D eigenvalue weighted by Gasteiger charge is 2.10. The molecule has 0 saturated heterocycles. The molecule has 0 unspecified atom stereocenters. The van der Waals surface area contributed by atoms with Gasteiger partial charge in [-0.3, -0.25) is 4.79 Å². The largest absolute Gasteiger partial charge is 0.493 e. The minimum absolute atomic E-state index is 0.296. The maximum atomic E-state index is 10.5. The molecular weight excluding hydrogens is 248 g/mol. The van der Waals surface area contributed by atoms with Gasteiger partial charge in [0.25, 0.3) is 0 Å². The molecule has 0 spiro atoms. The highest BCUT2D eigenvalue weighted by molar-refractivity contribution is 9.10. The maximum absolute atomic E-state index is 10.5. The number of ether oxygens (including phenoxy) is 1. The summed E-state index contributed by atoms with van der Waals surface area (Å²) < 4.78 is 11.3. The van der Waals surface area contributed by atoms with E-state index in [1.165, 1.54) is 0 Å². The summed E-state index contributed by atoms with van der Waals surface area (Å²) >= 11 is 3.37. The summed E-state index contributed by atoms with van der Waals surface area (Å²) in [5.41, 5.74) is 0.587. The Bertz CT molecular complexity index is 487. The molecule has 72 valence electrons. The zero-order valence-electron chi connectivity index (χ0n) is 7.41. The smallest absolute Gasteiger partial charge is 0.185 e. The normalized spacial score (nSPS) is 10.4. The molecule has 14 heavy (non-hydrogen) atoms. The lowest BCUT2D eigenvalue weighted by atomic mass is 10.2. The quantitative estimate of drug-likeness (QED) is 0.774. The van der Waals surface area contributed by atoms with E-state index in [0.29, 0.717) is 23.4 Å². The van der Waals surface area contributed by atoms with Crippen molar-refractivity contribution in [3.8, 4) is 5.75 Å². The number of hydrogen-bond donors (Lipinski definition) is 0. The molecule has 1 heterocycles. The second kappa shape index (κ2) is 3.46. The lowest BCUT2D eigenvalue weighted by molar-refractivity contribution is 0.110. The Morgan fingerprint density at radius 3 is 2.93 bits per heavy atom. The third kappa shape index (κ3) is 1.32. The highest BCUT2D eigenvalue weighted by Crippen LogP contribution is 2.33. The monoisotopic (exact) mass is 254 g/mol. The Hall–Kier alpha value is -1.29. The topological polar surface area (TPSA) is 39.4 Å². The van der Waals surface area contributed by atoms with Crippen LogP contribution in [0.15, 0.2) is 27.1 Å². The van der Waals surface area contributed by atoms with Crippen LogP contribution in [0, 0.1) is 0 Å². The van der Waals surface area contributed by atoms with Gasteiger partial charge in [-0.2, -0.15) is 0 Å². The van der Waals surface area contributed by atoms with Crippen molar-refractivity contribution in [1.82, 2.24) is 0 Å². The number of benzene rings is 1. The van der Waals surface area contributed by atoms with Crippen LogP contribution >= 0.6 is 15.9 Å². The molecular formula is C10H7BrO3. The predicted molar refractivity (Wildman–Crippen MR) is 55.9 cm³/mol. The van der Waals surface area contributed by atoms with Crippen molar-refractivity contribution >= 4 is 33.2 Å². The Balaban J connectivity index is 2.81. The van der Waals surface area contributed by atoms with Gasteiger partial charge >= 0.3 is 0 Å². The summed E-state index contributed by atoms with van der Waals surface area (Å²) in [5.74, 6) is 0.918. The SMILES string of the molecule is COc1ccc(Br)c2cc(C=O)oc12. The van der Waals surface area contributed by atoms with Gasteiger partial charge in [0.15, 0.2) is 23.4 Å². The van der Waals surface area contributed by atoms with Gasteiger partial charge in [0.1, 0.15) is 0 Å². The van der Waals surface area contributed by atoms with Crippen LogP contribution in [0.5, 0.6) is 5.75 Å². The van der Waals surface area contributed by atoms with Gasteiger partial charge in [0.2, 0.25) is 0 Å². The van der Waals surface area contributed by atoms with E-state index >= 15 is 0 Å². The summed E-state index contributed by atoms with van der Waals surface area (Å²) in [6.07, 6.45) is 0.672. The van der Waals surface area contributed by atoms with E-state index in [0.717, 1.165) is 9.86 Å². The summed E-state index contributed by atoms with van der Waals surface area (Å²) in [6.45, 7) is 0. The molecule has 0 N–H and O–H groups in total. The molecule has 2 aromatic rings. The summed E-state index contributed by atoms with van der Waals surface area (Å²) in [4.78, 5) is 10.5. The Morgan fingerprint density at radius 1 is 1.50 bits per heavy atom. The maximum Gasteiger partial charge on any atom is 0.185 e. The van der Waals surface area contributed by atoms with Crippen LogP contribution in [0.1, 0.15) is 10.6 Å². The molecule has 0 bridgehead atoms. The number of hydrogen-bond acceptors (Lipinski definition) is 3. The minimum atomic E-state index is 0.296. The second-order valence-electron chi connectivity index (χ2n) is 2.76. The van der Waals surface area contributed by atoms with Gasteiger partial charge < -0.3 is 9.15 Å². The molecule has 3 nitrogen and oxygen atoms in total. The van der Waals surface area contributed by atoms with Crippen molar-refractivity contribution in [3.63, 3.8) is 0 Å². The number of aldehydes is 1. The molecule has 1 aromatic carbocycles. The van der Waals surface area contributed by atoms with Crippen molar-refractivity contribution in [3.05, 3.63) is 28.4 Å². The van der Waals surface area contributed by atoms with E-state index < -0.39 is 0 Å². The van der Waals surface area contributed by atoms with Gasteiger partial charge in [0.05, 0.1) is 7.11 Å². The number of rotatable bonds is 2. The number of methoxy groups -OCH3 is 1. The Kier molecular flexibility index (Phi) is 2.29. The van der Waals surface area contributed by atoms with E-state index in [-0.39, 0.29) is 0 Å². The van der Waals surface area contributed by atoms with Crippen LogP contribution in [0.2, 0.25) is 0 Å². The van der Waals surface area contributed by atoms with Crippen LogP contribution in [-0.2, 0) is 0 Å². The number of carbonyl (C=O) groups is 1. The fourth-order valence-corrected chi connectivity index (χ4v) is 1.73. The van der Waals surface area contributed by atoms with Crippen molar-refractivity contribution in [2.75, 3.05) is 7.11 Å². The molecule has 1 aromatic heterocycles. The van der Waals surface area contributed by atoms with Crippen molar-refractivity contribution in [2.45, 2.75) is 0 Å². The van der Waals surface area contributed by atoms with Gasteiger partial charge in [-0.05, 0) is 18.2 Å². The molecule has 2 rings (SSSR count). The first kappa shape index (κ1) is 9.27. The van der Waals surface area contributed by atoms with Crippen molar-refractivity contribution in [1.29, 1.82) is 0 Å². The Labute approximate surface area is 88.8 Å². The Morgan fingerprint density at radius 2 is 2.29 bits per heavy atom. The van der Waals surface area contributed by atoms with E-state index in [4.69, 9.17) is 9.15 Å². The lowest BCUT2D eigenvalue weighted by Crippen LogP contribution is -1.82. The molecule has 0 aliphatic heterocycles. The van der Waals surface area contributed by atoms with E-state index in [1.54, 1.807) is 19.2 Å². The first-order valence-corrected chi connectivity index (χ1v) is 4.77. The highest BCUT2D eigenvalue weighted by atomic mass is 79.9. The van der Waals surface area contributed by atoms with Gasteiger partial charge in [0, 0.05) is 9.86 Å². The molecule has 0 saturated carbocycles. The molecule has 0 amide bonds. The summed E-state index contributed by atoms with van der Waals surface area (Å²) in [5, 5.41) is 0.839. The standard InChI is InChI=1S/C10H7BrO3/c1-13-9-3-2-8(11)7-4-6(5-12)14-10(7)9/h2-5H,1H3. The van der Waals surface area contributed by atoms with Crippen LogP contribution in [0.4, 0.5) is 0 Å². The molecule has 0 aliphatic carbocycles. The first-order valence-electron chi connectivity index (χ1n) is 3.97. The van der Waals surface area contributed by atoms with Gasteiger partial charge in [-0.15, -0.1) is 0 Å². The molecule has 0 radical (unpaired) electrons. The van der Waals surface area contributed by atoms with Gasteiger partial charge in [-0.1, -0.05) is 15.9 Å². The zero-order valence-corrected chi connectivity index (χ0v) is 9.00. The summed E-state index contributed by atoms with van der Waals surface area (Å²) in [7, 11) is 1.56. The van der Waals surface area contributed by atoms with Crippen LogP contribution in [0.25, 0.3) is 11.0 Å². The lowest BCUT2D eigenvalue weighted by Gasteiger charge is -2.00. The molecule has 0 aliphatic rings. The fraction of sp³-hybridized carbons (Fsp3) is 0.100. The minimum Gasteiger partial charge on any atom is -0.493 e. The molecule has 0 atom stereocenters. The van der Waals surface area contributed by atoms with E-state index in [1.807, 2.05) is 6.07 Å². The predicted octanol–water partition coefficient (Wildman–Crippen LogP) is 3.02. The average molecular weight is 255 g/mol. The third-order valence-electron chi connectivity index (χ3n) is 1.95. The second-order valence-corrected chi connectivity index (χ2v) is 3.61. The molecule has 4 heteroatoms. The van der Waals surface area contributed by atoms with Crippen LogP contribution in [0.3, 0.4) is 0 Å². The van der Waals surface area contributed by atoms with Gasteiger partial charge in [-0.25, -0.2) is 0 Å². The third-order valence-corrected chi connectivity index (χ3v) is 2.64. The van der Waals surface area contributed by atoms with Crippen molar-refractivity contribution < 1.29 is 13.9 Å². The number of furan rings is 1. The number of halogens is 1. The molecule has 0 fully saturated rings. The number of fused-ring (bicyclic) bond motifs is 1. The fourth-order valence-electron chi connectivity index (χ4n) is 1.30. The zero-order chi connectivity index (χ0) is 10.1. The van der Waals surface area contributed by atoms with Crippen LogP contribution < -0.4 is 4.74 Å². The number of carbonyl (C=O) groups excluding carboxylic acids is 1. The average Bonchev–Trinajstić information content (AvgIpc) is 2.63. The van der Waals surface area contributed by atoms with E-state index in [9.17, 15) is 4.79 Å².